The molecule has 8 heteroatoms. The summed E-state index contributed by atoms with van der Waals surface area (Å²) in [5.74, 6) is -1.83. The number of rotatable bonds is 7. The fourth-order valence-corrected chi connectivity index (χ4v) is 3.35. The molecule has 1 heterocycles. The lowest BCUT2D eigenvalue weighted by molar-refractivity contribution is -0.124. The van der Waals surface area contributed by atoms with E-state index in [0.29, 0.717) is 12.6 Å². The quantitative estimate of drug-likeness (QED) is 0.743. The van der Waals surface area contributed by atoms with Gasteiger partial charge in [0.05, 0.1) is 0 Å². The van der Waals surface area contributed by atoms with Gasteiger partial charge in [0.25, 0.3) is 5.91 Å². The Balaban J connectivity index is 1.35. The van der Waals surface area contributed by atoms with Crippen LogP contribution in [0.4, 0.5) is 14.5 Å². The van der Waals surface area contributed by atoms with Gasteiger partial charge in [-0.2, -0.15) is 0 Å². The Morgan fingerprint density at radius 2 is 1.79 bits per heavy atom. The summed E-state index contributed by atoms with van der Waals surface area (Å²) in [7, 11) is 0. The maximum absolute atomic E-state index is 13.5. The molecular formula is C21H23F2N3O3. The Bertz CT molecular complexity index is 840. The molecule has 2 amide bonds. The number of halogens is 2. The molecule has 1 fully saturated rings. The highest BCUT2D eigenvalue weighted by atomic mass is 19.1. The summed E-state index contributed by atoms with van der Waals surface area (Å²) in [6.45, 7) is 0.138. The molecule has 0 bridgehead atoms. The van der Waals surface area contributed by atoms with Crippen LogP contribution in [0.15, 0.2) is 42.7 Å². The van der Waals surface area contributed by atoms with Crippen LogP contribution >= 0.6 is 0 Å². The van der Waals surface area contributed by atoms with Crippen molar-refractivity contribution in [1.29, 1.82) is 0 Å². The Morgan fingerprint density at radius 3 is 2.48 bits per heavy atom. The monoisotopic (exact) mass is 403 g/mol. The highest BCUT2D eigenvalue weighted by molar-refractivity contribution is 5.92. The van der Waals surface area contributed by atoms with Crippen LogP contribution in [-0.2, 0) is 9.59 Å². The lowest BCUT2D eigenvalue weighted by Gasteiger charge is -2.27. The number of hydrogen-bond acceptors (Lipinski definition) is 4. The van der Waals surface area contributed by atoms with Crippen molar-refractivity contribution in [3.63, 3.8) is 0 Å². The van der Waals surface area contributed by atoms with E-state index in [1.54, 1.807) is 24.5 Å². The first kappa shape index (κ1) is 20.7. The molecule has 29 heavy (non-hydrogen) atoms. The zero-order valence-corrected chi connectivity index (χ0v) is 15.9. The maximum Gasteiger partial charge on any atom is 0.257 e. The first-order chi connectivity index (χ1) is 14.0. The number of carbonyl (C=O) groups is 2. The first-order valence-electron chi connectivity index (χ1n) is 9.56. The van der Waals surface area contributed by atoms with Gasteiger partial charge in [-0.1, -0.05) is 0 Å². The van der Waals surface area contributed by atoms with Crippen molar-refractivity contribution in [2.24, 2.45) is 11.8 Å². The second kappa shape index (κ2) is 9.95. The molecule has 6 nitrogen and oxygen atoms in total. The third kappa shape index (κ3) is 6.23. The summed E-state index contributed by atoms with van der Waals surface area (Å²) in [5, 5.41) is 5.67. The molecule has 0 atom stereocenters. The Labute approximate surface area is 167 Å². The maximum atomic E-state index is 13.5. The van der Waals surface area contributed by atoms with Gasteiger partial charge >= 0.3 is 0 Å². The first-order valence-corrected chi connectivity index (χ1v) is 9.56. The average molecular weight is 403 g/mol. The minimum atomic E-state index is -0.846. The molecule has 0 spiro atoms. The lowest BCUT2D eigenvalue weighted by Crippen LogP contribution is -2.35. The van der Waals surface area contributed by atoms with Crippen molar-refractivity contribution in [1.82, 2.24) is 10.3 Å². The zero-order valence-electron chi connectivity index (χ0n) is 15.9. The molecule has 1 aromatic heterocycles. The van der Waals surface area contributed by atoms with Crippen LogP contribution in [0.2, 0.25) is 0 Å². The van der Waals surface area contributed by atoms with Crippen LogP contribution in [-0.4, -0.2) is 29.9 Å². The number of aromatic nitrogens is 1. The Kier molecular flexibility index (Phi) is 7.10. The van der Waals surface area contributed by atoms with E-state index in [9.17, 15) is 18.4 Å². The number of benzene rings is 1. The average Bonchev–Trinajstić information content (AvgIpc) is 2.72. The molecule has 1 aliphatic carbocycles. The summed E-state index contributed by atoms with van der Waals surface area (Å²) in [6.07, 6.45) is 6.44. The minimum Gasteiger partial charge on any atom is -0.481 e. The molecule has 2 N–H and O–H groups in total. The summed E-state index contributed by atoms with van der Waals surface area (Å²) < 4.78 is 31.4. The van der Waals surface area contributed by atoms with Crippen LogP contribution in [0.25, 0.3) is 0 Å². The van der Waals surface area contributed by atoms with Gasteiger partial charge in [0.2, 0.25) is 5.91 Å². The fourth-order valence-electron chi connectivity index (χ4n) is 3.35. The second-order valence-corrected chi connectivity index (χ2v) is 7.11. The molecule has 2 aromatic rings. The smallest absolute Gasteiger partial charge is 0.257 e. The number of pyridine rings is 1. The molecule has 0 saturated heterocycles. The van der Waals surface area contributed by atoms with E-state index < -0.39 is 11.6 Å². The van der Waals surface area contributed by atoms with E-state index in [4.69, 9.17) is 4.74 Å². The molecule has 0 unspecified atom stereocenters. The van der Waals surface area contributed by atoms with Gasteiger partial charge in [0.1, 0.15) is 5.82 Å². The molecule has 0 radical (unpaired) electrons. The lowest BCUT2D eigenvalue weighted by atomic mass is 9.81. The molecule has 0 aliphatic heterocycles. The standard InChI is InChI=1S/C21H23F2N3O3/c22-16-5-6-19(18(23)11-16)29-13-20(27)25-12-14-1-3-15(4-2-14)21(28)26-17-7-9-24-10-8-17/h5-11,14-15H,1-4,12-13H2,(H,25,27)(H,24,26,28). The molecule has 3 rings (SSSR count). The molecule has 154 valence electrons. The molecule has 1 aliphatic rings. The van der Waals surface area contributed by atoms with Gasteiger partial charge in [0.15, 0.2) is 18.2 Å². The molecular weight excluding hydrogens is 380 g/mol. The van der Waals surface area contributed by atoms with Crippen LogP contribution in [0.3, 0.4) is 0 Å². The number of ether oxygens (including phenoxy) is 1. The predicted molar refractivity (Wildman–Crippen MR) is 103 cm³/mol. The van der Waals surface area contributed by atoms with Gasteiger partial charge in [-0.15, -0.1) is 0 Å². The summed E-state index contributed by atoms with van der Waals surface area (Å²) in [4.78, 5) is 28.2. The summed E-state index contributed by atoms with van der Waals surface area (Å²) in [5.41, 5.74) is 0.733. The van der Waals surface area contributed by atoms with Gasteiger partial charge in [-0.05, 0) is 55.9 Å². The molecule has 1 saturated carbocycles. The Hall–Kier alpha value is -3.03. The number of nitrogens with zero attached hydrogens (tertiary/aromatic N) is 1. The Morgan fingerprint density at radius 1 is 1.07 bits per heavy atom. The van der Waals surface area contributed by atoms with E-state index in [2.05, 4.69) is 15.6 Å². The third-order valence-electron chi connectivity index (χ3n) is 5.01. The number of amides is 2. The van der Waals surface area contributed by atoms with Crippen LogP contribution in [0.1, 0.15) is 25.7 Å². The zero-order chi connectivity index (χ0) is 20.6. The van der Waals surface area contributed by atoms with Gasteiger partial charge in [-0.25, -0.2) is 8.78 Å². The van der Waals surface area contributed by atoms with E-state index in [1.807, 2.05) is 0 Å². The predicted octanol–water partition coefficient (Wildman–Crippen LogP) is 3.30. The van der Waals surface area contributed by atoms with Crippen LogP contribution < -0.4 is 15.4 Å². The van der Waals surface area contributed by atoms with E-state index in [0.717, 1.165) is 43.5 Å². The van der Waals surface area contributed by atoms with Crippen molar-refractivity contribution in [2.45, 2.75) is 25.7 Å². The summed E-state index contributed by atoms with van der Waals surface area (Å²) in [6, 6.07) is 6.42. The van der Waals surface area contributed by atoms with Crippen molar-refractivity contribution in [3.8, 4) is 5.75 Å². The molecule has 1 aromatic carbocycles. The van der Waals surface area contributed by atoms with Crippen molar-refractivity contribution in [2.75, 3.05) is 18.5 Å². The fraction of sp³-hybridized carbons (Fsp3) is 0.381. The van der Waals surface area contributed by atoms with Gasteiger partial charge in [0, 0.05) is 36.6 Å². The number of carbonyl (C=O) groups excluding carboxylic acids is 2. The SMILES string of the molecule is O=C(COc1ccc(F)cc1F)NCC1CCC(C(=O)Nc2ccncc2)CC1. The third-order valence-corrected chi connectivity index (χ3v) is 5.01. The topological polar surface area (TPSA) is 80.3 Å². The van der Waals surface area contributed by atoms with E-state index in [1.165, 1.54) is 0 Å². The van der Waals surface area contributed by atoms with Crippen molar-refractivity contribution in [3.05, 3.63) is 54.4 Å². The van der Waals surface area contributed by atoms with Gasteiger partial charge in [-0.3, -0.25) is 14.6 Å². The number of hydrogen-bond donors (Lipinski definition) is 2. The van der Waals surface area contributed by atoms with Crippen molar-refractivity contribution >= 4 is 17.5 Å². The normalized spacial score (nSPS) is 18.7. The highest BCUT2D eigenvalue weighted by Crippen LogP contribution is 2.29. The summed E-state index contributed by atoms with van der Waals surface area (Å²) >= 11 is 0. The number of nitrogens with one attached hydrogen (secondary N) is 2. The van der Waals surface area contributed by atoms with E-state index in [-0.39, 0.29) is 36.0 Å². The van der Waals surface area contributed by atoms with Gasteiger partial charge < -0.3 is 15.4 Å². The second-order valence-electron chi connectivity index (χ2n) is 7.11. The largest absolute Gasteiger partial charge is 0.481 e. The highest BCUT2D eigenvalue weighted by Gasteiger charge is 2.26. The number of anilines is 1. The van der Waals surface area contributed by atoms with E-state index >= 15 is 0 Å². The van der Waals surface area contributed by atoms with Crippen molar-refractivity contribution < 1.29 is 23.1 Å². The van der Waals surface area contributed by atoms with Crippen LogP contribution in [0.5, 0.6) is 5.75 Å². The minimum absolute atomic E-state index is 0.00779. The van der Waals surface area contributed by atoms with Crippen LogP contribution in [0, 0.1) is 23.5 Å².